The van der Waals surface area contributed by atoms with Crippen LogP contribution >= 0.6 is 15.9 Å². The van der Waals surface area contributed by atoms with E-state index in [9.17, 15) is 0 Å². The van der Waals surface area contributed by atoms with Crippen molar-refractivity contribution in [2.75, 3.05) is 12.4 Å². The molecule has 0 spiro atoms. The number of anilines is 1. The van der Waals surface area contributed by atoms with Crippen molar-refractivity contribution in [2.24, 2.45) is 0 Å². The first-order chi connectivity index (χ1) is 6.22. The van der Waals surface area contributed by atoms with Crippen LogP contribution in [0.3, 0.4) is 0 Å². The molecular formula is C9H12BrN3. The first-order valence-corrected chi connectivity index (χ1v) is 5.23. The highest BCUT2D eigenvalue weighted by molar-refractivity contribution is 9.10. The zero-order chi connectivity index (χ0) is 9.42. The van der Waals surface area contributed by atoms with Gasteiger partial charge in [-0.3, -0.25) is 0 Å². The molecule has 0 bridgehead atoms. The molecule has 1 aromatic heterocycles. The molecule has 2 rings (SSSR count). The van der Waals surface area contributed by atoms with Gasteiger partial charge in [-0.25, -0.2) is 9.97 Å². The summed E-state index contributed by atoms with van der Waals surface area (Å²) in [6, 6.07) is 0. The van der Waals surface area contributed by atoms with Crippen molar-refractivity contribution in [1.29, 1.82) is 0 Å². The number of hydrogen-bond acceptors (Lipinski definition) is 3. The summed E-state index contributed by atoms with van der Waals surface area (Å²) in [4.78, 5) is 8.89. The van der Waals surface area contributed by atoms with Crippen molar-refractivity contribution in [3.8, 4) is 0 Å². The van der Waals surface area contributed by atoms with Crippen molar-refractivity contribution in [3.05, 3.63) is 16.0 Å². The van der Waals surface area contributed by atoms with E-state index in [0.29, 0.717) is 5.92 Å². The lowest BCUT2D eigenvalue weighted by atomic mass is 10.3. The van der Waals surface area contributed by atoms with Gasteiger partial charge in [-0.1, -0.05) is 0 Å². The molecule has 13 heavy (non-hydrogen) atoms. The van der Waals surface area contributed by atoms with E-state index in [1.807, 2.05) is 14.0 Å². The van der Waals surface area contributed by atoms with E-state index in [-0.39, 0.29) is 0 Å². The van der Waals surface area contributed by atoms with E-state index >= 15 is 0 Å². The molecule has 0 unspecified atom stereocenters. The Morgan fingerprint density at radius 3 is 2.62 bits per heavy atom. The van der Waals surface area contributed by atoms with Gasteiger partial charge in [0, 0.05) is 13.0 Å². The fourth-order valence-corrected chi connectivity index (χ4v) is 1.65. The molecule has 1 aliphatic carbocycles. The van der Waals surface area contributed by atoms with Crippen LogP contribution in [0.4, 0.5) is 5.82 Å². The number of rotatable bonds is 2. The maximum Gasteiger partial charge on any atom is 0.144 e. The van der Waals surface area contributed by atoms with Crippen molar-refractivity contribution < 1.29 is 0 Å². The summed E-state index contributed by atoms with van der Waals surface area (Å²) in [6.07, 6.45) is 2.48. The van der Waals surface area contributed by atoms with Crippen LogP contribution in [0.5, 0.6) is 0 Å². The average molecular weight is 242 g/mol. The average Bonchev–Trinajstić information content (AvgIpc) is 2.92. The van der Waals surface area contributed by atoms with Gasteiger partial charge in [-0.05, 0) is 35.7 Å². The van der Waals surface area contributed by atoms with Crippen LogP contribution in [-0.4, -0.2) is 17.0 Å². The minimum atomic E-state index is 0.610. The van der Waals surface area contributed by atoms with Gasteiger partial charge in [-0.2, -0.15) is 0 Å². The van der Waals surface area contributed by atoms with E-state index in [4.69, 9.17) is 0 Å². The third-order valence-corrected chi connectivity index (χ3v) is 3.16. The van der Waals surface area contributed by atoms with Crippen LogP contribution in [0.25, 0.3) is 0 Å². The molecule has 1 fully saturated rings. The Bertz CT molecular complexity index is 334. The van der Waals surface area contributed by atoms with Crippen molar-refractivity contribution in [1.82, 2.24) is 9.97 Å². The fraction of sp³-hybridized carbons (Fsp3) is 0.556. The highest BCUT2D eigenvalue weighted by Crippen LogP contribution is 2.39. The van der Waals surface area contributed by atoms with E-state index in [2.05, 4.69) is 31.2 Å². The van der Waals surface area contributed by atoms with Gasteiger partial charge in [-0.15, -0.1) is 0 Å². The standard InChI is InChI=1S/C9H12BrN3/c1-5-7(10)9(11-2)13-8(12-5)6-3-4-6/h6H,3-4H2,1-2H3,(H,11,12,13). The molecule has 0 aliphatic heterocycles. The van der Waals surface area contributed by atoms with Gasteiger partial charge < -0.3 is 5.32 Å². The Kier molecular flexibility index (Phi) is 2.24. The number of nitrogens with one attached hydrogen (secondary N) is 1. The van der Waals surface area contributed by atoms with Gasteiger partial charge in [0.1, 0.15) is 11.6 Å². The normalized spacial score (nSPS) is 15.9. The number of nitrogens with zero attached hydrogens (tertiary/aromatic N) is 2. The summed E-state index contributed by atoms with van der Waals surface area (Å²) in [5, 5.41) is 3.06. The molecule has 3 nitrogen and oxygen atoms in total. The minimum Gasteiger partial charge on any atom is -0.372 e. The van der Waals surface area contributed by atoms with Crippen molar-refractivity contribution in [2.45, 2.75) is 25.7 Å². The predicted octanol–water partition coefficient (Wildman–Crippen LogP) is 2.47. The number of hydrogen-bond donors (Lipinski definition) is 1. The van der Waals surface area contributed by atoms with E-state index < -0.39 is 0 Å². The molecule has 0 radical (unpaired) electrons. The maximum atomic E-state index is 4.45. The number of aromatic nitrogens is 2. The Balaban J connectivity index is 2.43. The first kappa shape index (κ1) is 8.94. The second-order valence-corrected chi connectivity index (χ2v) is 4.15. The monoisotopic (exact) mass is 241 g/mol. The Morgan fingerprint density at radius 2 is 2.08 bits per heavy atom. The SMILES string of the molecule is CNc1nc(C2CC2)nc(C)c1Br. The molecule has 1 N–H and O–H groups in total. The molecule has 0 amide bonds. The highest BCUT2D eigenvalue weighted by Gasteiger charge is 2.27. The quantitative estimate of drug-likeness (QED) is 0.865. The second-order valence-electron chi connectivity index (χ2n) is 3.35. The molecule has 70 valence electrons. The zero-order valence-electron chi connectivity index (χ0n) is 7.76. The molecule has 0 saturated heterocycles. The van der Waals surface area contributed by atoms with Gasteiger partial charge in [0.2, 0.25) is 0 Å². The summed E-state index contributed by atoms with van der Waals surface area (Å²) in [7, 11) is 1.88. The topological polar surface area (TPSA) is 37.8 Å². The molecule has 1 heterocycles. The lowest BCUT2D eigenvalue weighted by Crippen LogP contribution is -2.02. The zero-order valence-corrected chi connectivity index (χ0v) is 9.35. The van der Waals surface area contributed by atoms with Crippen LogP contribution in [-0.2, 0) is 0 Å². The van der Waals surface area contributed by atoms with E-state index in [1.165, 1.54) is 12.8 Å². The fourth-order valence-electron chi connectivity index (χ4n) is 1.27. The van der Waals surface area contributed by atoms with Gasteiger partial charge in [0.15, 0.2) is 0 Å². The molecule has 0 atom stereocenters. The third kappa shape index (κ3) is 1.68. The smallest absolute Gasteiger partial charge is 0.144 e. The molecule has 1 aliphatic rings. The summed E-state index contributed by atoms with van der Waals surface area (Å²) >= 11 is 3.46. The lowest BCUT2D eigenvalue weighted by molar-refractivity contribution is 0.902. The largest absolute Gasteiger partial charge is 0.372 e. The van der Waals surface area contributed by atoms with Gasteiger partial charge in [0.25, 0.3) is 0 Å². The van der Waals surface area contributed by atoms with Gasteiger partial charge in [0.05, 0.1) is 10.2 Å². The predicted molar refractivity (Wildman–Crippen MR) is 56.0 cm³/mol. The highest BCUT2D eigenvalue weighted by atomic mass is 79.9. The maximum absolute atomic E-state index is 4.45. The summed E-state index contributed by atoms with van der Waals surface area (Å²) in [5.41, 5.74) is 1.02. The van der Waals surface area contributed by atoms with Crippen LogP contribution in [0, 0.1) is 6.92 Å². The summed E-state index contributed by atoms with van der Waals surface area (Å²) < 4.78 is 0.972. The lowest BCUT2D eigenvalue weighted by Gasteiger charge is -2.07. The van der Waals surface area contributed by atoms with E-state index in [1.54, 1.807) is 0 Å². The first-order valence-electron chi connectivity index (χ1n) is 4.44. The van der Waals surface area contributed by atoms with Crippen molar-refractivity contribution >= 4 is 21.7 Å². The molecule has 1 saturated carbocycles. The molecule has 4 heteroatoms. The van der Waals surface area contributed by atoms with Crippen LogP contribution in [0.2, 0.25) is 0 Å². The Hall–Kier alpha value is -0.640. The van der Waals surface area contributed by atoms with Crippen LogP contribution in [0.1, 0.15) is 30.3 Å². The third-order valence-electron chi connectivity index (χ3n) is 2.21. The number of aryl methyl sites for hydroxylation is 1. The second kappa shape index (κ2) is 3.25. The minimum absolute atomic E-state index is 0.610. The van der Waals surface area contributed by atoms with E-state index in [0.717, 1.165) is 21.8 Å². The molecule has 0 aromatic carbocycles. The van der Waals surface area contributed by atoms with Crippen LogP contribution < -0.4 is 5.32 Å². The Labute approximate surface area is 86.1 Å². The molecular weight excluding hydrogens is 230 g/mol. The number of halogens is 1. The summed E-state index contributed by atoms with van der Waals surface area (Å²) in [6.45, 7) is 2.00. The van der Waals surface area contributed by atoms with Gasteiger partial charge >= 0.3 is 0 Å². The summed E-state index contributed by atoms with van der Waals surface area (Å²) in [5.74, 6) is 2.50. The van der Waals surface area contributed by atoms with Crippen LogP contribution in [0.15, 0.2) is 4.47 Å². The Morgan fingerprint density at radius 1 is 1.38 bits per heavy atom. The molecule has 1 aromatic rings. The van der Waals surface area contributed by atoms with Crippen molar-refractivity contribution in [3.63, 3.8) is 0 Å².